The van der Waals surface area contributed by atoms with Crippen LogP contribution >= 0.6 is 0 Å². The van der Waals surface area contributed by atoms with Gasteiger partial charge in [-0.25, -0.2) is 13.1 Å². The molecule has 1 aromatic rings. The van der Waals surface area contributed by atoms with Gasteiger partial charge in [-0.1, -0.05) is 0 Å². The Bertz CT molecular complexity index is 411. The standard InChI is InChI=1S/C9H16N2O3S/c1-7(10-3)6-11-15(12,13)9-5-4-8(2)14-9/h4-5,7,10-11H,6H2,1-3H3. The van der Waals surface area contributed by atoms with E-state index in [1.807, 2.05) is 6.92 Å². The highest BCUT2D eigenvalue weighted by Crippen LogP contribution is 2.12. The van der Waals surface area contributed by atoms with Gasteiger partial charge in [0.15, 0.2) is 0 Å². The maximum atomic E-state index is 11.6. The second-order valence-corrected chi connectivity index (χ2v) is 5.10. The molecule has 1 rings (SSSR count). The number of nitrogens with one attached hydrogen (secondary N) is 2. The molecule has 2 N–H and O–H groups in total. The van der Waals surface area contributed by atoms with Crippen LogP contribution in [0.15, 0.2) is 21.6 Å². The van der Waals surface area contributed by atoms with Crippen LogP contribution in [0.5, 0.6) is 0 Å². The Balaban J connectivity index is 2.68. The van der Waals surface area contributed by atoms with E-state index in [1.165, 1.54) is 6.07 Å². The van der Waals surface area contributed by atoms with E-state index < -0.39 is 10.0 Å². The van der Waals surface area contributed by atoms with Gasteiger partial charge in [-0.15, -0.1) is 0 Å². The second kappa shape index (κ2) is 4.78. The van der Waals surface area contributed by atoms with Crippen LogP contribution in [0.1, 0.15) is 12.7 Å². The van der Waals surface area contributed by atoms with Crippen molar-refractivity contribution in [2.24, 2.45) is 0 Å². The van der Waals surface area contributed by atoms with E-state index in [4.69, 9.17) is 4.42 Å². The van der Waals surface area contributed by atoms with Crippen molar-refractivity contribution in [2.75, 3.05) is 13.6 Å². The molecule has 0 saturated heterocycles. The average molecular weight is 232 g/mol. The van der Waals surface area contributed by atoms with Gasteiger partial charge in [-0.2, -0.15) is 0 Å². The van der Waals surface area contributed by atoms with Gasteiger partial charge >= 0.3 is 0 Å². The lowest BCUT2D eigenvalue weighted by Gasteiger charge is -2.10. The molecule has 15 heavy (non-hydrogen) atoms. The monoisotopic (exact) mass is 232 g/mol. The van der Waals surface area contributed by atoms with Crippen LogP contribution in [0.4, 0.5) is 0 Å². The highest BCUT2D eigenvalue weighted by atomic mass is 32.2. The van der Waals surface area contributed by atoms with Gasteiger partial charge in [0.25, 0.3) is 10.0 Å². The third kappa shape index (κ3) is 3.33. The molecule has 1 heterocycles. The molecule has 0 saturated carbocycles. The molecule has 6 heteroatoms. The molecule has 0 bridgehead atoms. The van der Waals surface area contributed by atoms with Gasteiger partial charge in [0, 0.05) is 12.6 Å². The number of aryl methyl sites for hydroxylation is 1. The predicted octanol–water partition coefficient (Wildman–Crippen LogP) is 0.474. The molecule has 0 radical (unpaired) electrons. The van der Waals surface area contributed by atoms with Crippen molar-refractivity contribution in [3.63, 3.8) is 0 Å². The predicted molar refractivity (Wildman–Crippen MR) is 57.2 cm³/mol. The lowest BCUT2D eigenvalue weighted by molar-refractivity contribution is 0.424. The molecular formula is C9H16N2O3S. The number of hydrogen-bond donors (Lipinski definition) is 2. The third-order valence-electron chi connectivity index (χ3n) is 2.05. The molecule has 0 aliphatic heterocycles. The van der Waals surface area contributed by atoms with Crippen molar-refractivity contribution < 1.29 is 12.8 Å². The topological polar surface area (TPSA) is 71.3 Å². The van der Waals surface area contributed by atoms with Gasteiger partial charge in [0.05, 0.1) is 0 Å². The number of sulfonamides is 1. The molecule has 0 fully saturated rings. The first-order valence-corrected chi connectivity index (χ1v) is 6.17. The van der Waals surface area contributed by atoms with Gasteiger partial charge in [-0.05, 0) is 33.0 Å². The average Bonchev–Trinajstić information content (AvgIpc) is 2.62. The second-order valence-electron chi connectivity index (χ2n) is 3.41. The van der Waals surface area contributed by atoms with Gasteiger partial charge < -0.3 is 9.73 Å². The summed E-state index contributed by atoms with van der Waals surface area (Å²) in [7, 11) is -1.73. The lowest BCUT2D eigenvalue weighted by atomic mass is 10.4. The minimum Gasteiger partial charge on any atom is -0.449 e. The molecule has 5 nitrogen and oxygen atoms in total. The Morgan fingerprint density at radius 1 is 1.47 bits per heavy atom. The first-order chi connectivity index (χ1) is 6.95. The molecule has 0 amide bonds. The summed E-state index contributed by atoms with van der Waals surface area (Å²) in [6.07, 6.45) is 0. The summed E-state index contributed by atoms with van der Waals surface area (Å²) >= 11 is 0. The molecule has 0 spiro atoms. The van der Waals surface area contributed by atoms with E-state index in [-0.39, 0.29) is 11.1 Å². The summed E-state index contributed by atoms with van der Waals surface area (Å²) in [6, 6.07) is 3.15. The number of rotatable bonds is 5. The SMILES string of the molecule is CNC(C)CNS(=O)(=O)c1ccc(C)o1. The van der Waals surface area contributed by atoms with Crippen molar-refractivity contribution in [2.45, 2.75) is 25.0 Å². The van der Waals surface area contributed by atoms with Crippen LogP contribution in [0.25, 0.3) is 0 Å². The first-order valence-electron chi connectivity index (χ1n) is 4.69. The fraction of sp³-hybridized carbons (Fsp3) is 0.556. The number of hydrogen-bond acceptors (Lipinski definition) is 4. The Morgan fingerprint density at radius 2 is 2.13 bits per heavy atom. The van der Waals surface area contributed by atoms with E-state index in [1.54, 1.807) is 20.0 Å². The zero-order chi connectivity index (χ0) is 11.5. The number of likely N-dealkylation sites (N-methyl/N-ethyl adjacent to an activating group) is 1. The Kier molecular flexibility index (Phi) is 3.90. The van der Waals surface area contributed by atoms with E-state index in [9.17, 15) is 8.42 Å². The summed E-state index contributed by atoms with van der Waals surface area (Å²) in [5.74, 6) is 0.581. The summed E-state index contributed by atoms with van der Waals surface area (Å²) in [4.78, 5) is 0. The summed E-state index contributed by atoms with van der Waals surface area (Å²) in [5, 5.41) is 2.90. The van der Waals surface area contributed by atoms with Gasteiger partial charge in [0.2, 0.25) is 5.09 Å². The summed E-state index contributed by atoms with van der Waals surface area (Å²) in [5.41, 5.74) is 0. The smallest absolute Gasteiger partial charge is 0.274 e. The van der Waals surface area contributed by atoms with Crippen molar-refractivity contribution in [3.8, 4) is 0 Å². The van der Waals surface area contributed by atoms with Crippen LogP contribution in [0.3, 0.4) is 0 Å². The molecule has 1 atom stereocenters. The molecule has 0 aliphatic rings. The largest absolute Gasteiger partial charge is 0.449 e. The van der Waals surface area contributed by atoms with Gasteiger partial charge in [0.1, 0.15) is 5.76 Å². The van der Waals surface area contributed by atoms with Crippen LogP contribution in [-0.2, 0) is 10.0 Å². The van der Waals surface area contributed by atoms with Crippen LogP contribution in [0.2, 0.25) is 0 Å². The zero-order valence-electron chi connectivity index (χ0n) is 9.07. The molecule has 0 aliphatic carbocycles. The molecule has 0 aromatic carbocycles. The molecule has 1 unspecified atom stereocenters. The van der Waals surface area contributed by atoms with Crippen molar-refractivity contribution in [1.29, 1.82) is 0 Å². The quantitative estimate of drug-likeness (QED) is 0.774. The molecule has 86 valence electrons. The highest BCUT2D eigenvalue weighted by Gasteiger charge is 2.18. The lowest BCUT2D eigenvalue weighted by Crippen LogP contribution is -2.37. The van der Waals surface area contributed by atoms with Gasteiger partial charge in [-0.3, -0.25) is 0 Å². The summed E-state index contributed by atoms with van der Waals surface area (Å²) in [6.45, 7) is 3.92. The van der Waals surface area contributed by atoms with E-state index >= 15 is 0 Å². The third-order valence-corrected chi connectivity index (χ3v) is 3.35. The van der Waals surface area contributed by atoms with E-state index in [2.05, 4.69) is 10.0 Å². The molecular weight excluding hydrogens is 216 g/mol. The summed E-state index contributed by atoms with van der Waals surface area (Å²) < 4.78 is 30.8. The zero-order valence-corrected chi connectivity index (χ0v) is 9.89. The van der Waals surface area contributed by atoms with E-state index in [0.717, 1.165) is 0 Å². The van der Waals surface area contributed by atoms with Crippen molar-refractivity contribution in [1.82, 2.24) is 10.0 Å². The van der Waals surface area contributed by atoms with Crippen LogP contribution in [0, 0.1) is 6.92 Å². The van der Waals surface area contributed by atoms with Crippen LogP contribution in [-0.4, -0.2) is 28.1 Å². The Hall–Kier alpha value is -0.850. The Labute approximate surface area is 89.9 Å². The van der Waals surface area contributed by atoms with Crippen LogP contribution < -0.4 is 10.0 Å². The fourth-order valence-corrected chi connectivity index (χ4v) is 2.06. The Morgan fingerprint density at radius 3 is 2.60 bits per heavy atom. The first kappa shape index (κ1) is 12.2. The molecule has 1 aromatic heterocycles. The maximum Gasteiger partial charge on any atom is 0.274 e. The minimum atomic E-state index is -3.50. The minimum absolute atomic E-state index is 0.0386. The van der Waals surface area contributed by atoms with E-state index in [0.29, 0.717) is 12.3 Å². The normalized spacial score (nSPS) is 14.1. The van der Waals surface area contributed by atoms with Crippen molar-refractivity contribution >= 4 is 10.0 Å². The number of furan rings is 1. The van der Waals surface area contributed by atoms with Crippen molar-refractivity contribution in [3.05, 3.63) is 17.9 Å². The fourth-order valence-electron chi connectivity index (χ4n) is 0.964. The highest BCUT2D eigenvalue weighted by molar-refractivity contribution is 7.89. The maximum absolute atomic E-state index is 11.6.